The molecule has 0 spiro atoms. The van der Waals surface area contributed by atoms with Crippen LogP contribution < -0.4 is 5.32 Å². The molecule has 0 bridgehead atoms. The summed E-state index contributed by atoms with van der Waals surface area (Å²) in [5.74, 6) is 0.366. The SMILES string of the molecule is CCC(=O)N(Cc1cccn1Cc1nc(C(=O)NCCN2CCCCC2)co1)CC1CCCO1. The third kappa shape index (κ3) is 6.70. The van der Waals surface area contributed by atoms with Crippen LogP contribution in [0.25, 0.3) is 0 Å². The van der Waals surface area contributed by atoms with Gasteiger partial charge in [0.25, 0.3) is 5.91 Å². The minimum absolute atomic E-state index is 0.113. The number of piperidine rings is 1. The van der Waals surface area contributed by atoms with E-state index in [1.165, 1.54) is 25.5 Å². The van der Waals surface area contributed by atoms with E-state index in [1.807, 2.05) is 34.7 Å². The van der Waals surface area contributed by atoms with Crippen LogP contribution in [-0.2, 0) is 22.6 Å². The zero-order chi connectivity index (χ0) is 23.8. The zero-order valence-corrected chi connectivity index (χ0v) is 20.2. The number of hydrogen-bond donors (Lipinski definition) is 1. The maximum absolute atomic E-state index is 12.5. The van der Waals surface area contributed by atoms with Gasteiger partial charge in [-0.1, -0.05) is 13.3 Å². The monoisotopic (exact) mass is 471 g/mol. The number of carbonyl (C=O) groups is 2. The van der Waals surface area contributed by atoms with Crippen molar-refractivity contribution in [2.45, 2.75) is 64.6 Å². The van der Waals surface area contributed by atoms with Crippen molar-refractivity contribution >= 4 is 11.8 Å². The first kappa shape index (κ1) is 24.5. The largest absolute Gasteiger partial charge is 0.446 e. The van der Waals surface area contributed by atoms with Gasteiger partial charge in [-0.3, -0.25) is 9.59 Å². The molecule has 4 heterocycles. The van der Waals surface area contributed by atoms with Gasteiger partial charge in [0.15, 0.2) is 5.69 Å². The van der Waals surface area contributed by atoms with Crippen LogP contribution in [0.15, 0.2) is 29.0 Å². The van der Waals surface area contributed by atoms with E-state index >= 15 is 0 Å². The van der Waals surface area contributed by atoms with Crippen molar-refractivity contribution < 1.29 is 18.7 Å². The Bertz CT molecular complexity index is 927. The van der Waals surface area contributed by atoms with Crippen molar-refractivity contribution in [2.75, 3.05) is 39.3 Å². The minimum Gasteiger partial charge on any atom is -0.446 e. The molecule has 2 amide bonds. The second-order valence-corrected chi connectivity index (χ2v) is 9.17. The minimum atomic E-state index is -0.212. The second kappa shape index (κ2) is 12.2. The summed E-state index contributed by atoms with van der Waals surface area (Å²) in [7, 11) is 0. The molecule has 9 heteroatoms. The van der Waals surface area contributed by atoms with Crippen LogP contribution >= 0.6 is 0 Å². The number of carbonyl (C=O) groups excluding carboxylic acids is 2. The first-order valence-electron chi connectivity index (χ1n) is 12.6. The van der Waals surface area contributed by atoms with E-state index in [0.29, 0.717) is 44.2 Å². The van der Waals surface area contributed by atoms with E-state index in [4.69, 9.17) is 9.15 Å². The number of hydrogen-bond acceptors (Lipinski definition) is 6. The fourth-order valence-electron chi connectivity index (χ4n) is 4.69. The molecule has 186 valence electrons. The molecule has 0 radical (unpaired) electrons. The van der Waals surface area contributed by atoms with Crippen LogP contribution in [0.4, 0.5) is 0 Å². The average molecular weight is 472 g/mol. The standard InChI is InChI=1S/C25H37N5O4/c1-2-24(31)30(17-21-9-7-15-33-21)16-20-8-6-13-29(20)18-23-27-22(19-34-23)25(32)26-10-14-28-11-4-3-5-12-28/h6,8,13,19,21H,2-5,7,9-12,14-18H2,1H3,(H,26,32). The summed E-state index contributed by atoms with van der Waals surface area (Å²) in [5, 5.41) is 2.94. The first-order valence-corrected chi connectivity index (χ1v) is 12.6. The van der Waals surface area contributed by atoms with E-state index in [9.17, 15) is 9.59 Å². The van der Waals surface area contributed by atoms with Crippen molar-refractivity contribution in [3.05, 3.63) is 41.9 Å². The Balaban J connectivity index is 1.31. The molecule has 2 aliphatic rings. The molecule has 34 heavy (non-hydrogen) atoms. The number of ether oxygens (including phenoxy) is 1. The third-order valence-corrected chi connectivity index (χ3v) is 6.63. The molecule has 2 saturated heterocycles. The number of likely N-dealkylation sites (tertiary alicyclic amines) is 1. The highest BCUT2D eigenvalue weighted by atomic mass is 16.5. The number of nitrogens with zero attached hydrogens (tertiary/aromatic N) is 4. The van der Waals surface area contributed by atoms with Gasteiger partial charge in [0.2, 0.25) is 11.8 Å². The molecule has 2 aromatic heterocycles. The fraction of sp³-hybridized carbons (Fsp3) is 0.640. The van der Waals surface area contributed by atoms with Crippen molar-refractivity contribution in [1.82, 2.24) is 24.7 Å². The van der Waals surface area contributed by atoms with E-state index in [1.54, 1.807) is 0 Å². The smallest absolute Gasteiger partial charge is 0.273 e. The first-order chi connectivity index (χ1) is 16.6. The molecule has 2 aromatic rings. The third-order valence-electron chi connectivity index (χ3n) is 6.63. The van der Waals surface area contributed by atoms with Crippen LogP contribution in [0.2, 0.25) is 0 Å². The Labute approximate surface area is 201 Å². The summed E-state index contributed by atoms with van der Waals surface area (Å²) in [6.45, 7) is 7.86. The molecule has 2 aliphatic heterocycles. The van der Waals surface area contributed by atoms with Gasteiger partial charge in [-0.25, -0.2) is 4.98 Å². The average Bonchev–Trinajstić information content (AvgIpc) is 3.62. The van der Waals surface area contributed by atoms with E-state index < -0.39 is 0 Å². The van der Waals surface area contributed by atoms with Gasteiger partial charge in [0.1, 0.15) is 6.26 Å². The van der Waals surface area contributed by atoms with E-state index in [2.05, 4.69) is 15.2 Å². The Morgan fingerprint density at radius 3 is 2.85 bits per heavy atom. The summed E-state index contributed by atoms with van der Waals surface area (Å²) in [6, 6.07) is 3.95. The lowest BCUT2D eigenvalue weighted by Crippen LogP contribution is -2.37. The van der Waals surface area contributed by atoms with Crippen molar-refractivity contribution in [2.24, 2.45) is 0 Å². The Hall–Kier alpha value is -2.65. The van der Waals surface area contributed by atoms with Crippen LogP contribution in [0.3, 0.4) is 0 Å². The molecule has 1 atom stereocenters. The van der Waals surface area contributed by atoms with Gasteiger partial charge in [0, 0.05) is 44.6 Å². The summed E-state index contributed by atoms with van der Waals surface area (Å²) in [6.07, 6.45) is 9.75. The number of nitrogens with one attached hydrogen (secondary N) is 1. The Kier molecular flexibility index (Phi) is 8.76. The molecule has 0 aromatic carbocycles. The van der Waals surface area contributed by atoms with Gasteiger partial charge >= 0.3 is 0 Å². The van der Waals surface area contributed by atoms with Gasteiger partial charge < -0.3 is 28.8 Å². The van der Waals surface area contributed by atoms with E-state index in [-0.39, 0.29) is 17.9 Å². The number of amides is 2. The number of aromatic nitrogens is 2. The molecular formula is C25H37N5O4. The van der Waals surface area contributed by atoms with Gasteiger partial charge in [-0.2, -0.15) is 0 Å². The highest BCUT2D eigenvalue weighted by molar-refractivity contribution is 5.91. The van der Waals surface area contributed by atoms with E-state index in [0.717, 1.165) is 44.8 Å². The Morgan fingerprint density at radius 1 is 1.24 bits per heavy atom. The maximum atomic E-state index is 12.5. The molecule has 0 aliphatic carbocycles. The van der Waals surface area contributed by atoms with Gasteiger partial charge in [0.05, 0.1) is 19.2 Å². The van der Waals surface area contributed by atoms with Crippen LogP contribution in [-0.4, -0.2) is 76.6 Å². The lowest BCUT2D eigenvalue weighted by atomic mass is 10.1. The summed E-state index contributed by atoms with van der Waals surface area (Å²) < 4.78 is 13.3. The number of rotatable bonds is 11. The lowest BCUT2D eigenvalue weighted by molar-refractivity contribution is -0.133. The molecule has 1 unspecified atom stereocenters. The maximum Gasteiger partial charge on any atom is 0.273 e. The molecule has 0 saturated carbocycles. The second-order valence-electron chi connectivity index (χ2n) is 9.17. The zero-order valence-electron chi connectivity index (χ0n) is 20.2. The fourth-order valence-corrected chi connectivity index (χ4v) is 4.69. The lowest BCUT2D eigenvalue weighted by Gasteiger charge is -2.26. The normalized spacial score (nSPS) is 18.8. The van der Waals surface area contributed by atoms with Crippen LogP contribution in [0.1, 0.15) is 67.5 Å². The van der Waals surface area contributed by atoms with Crippen molar-refractivity contribution in [3.8, 4) is 0 Å². The molecule has 9 nitrogen and oxygen atoms in total. The predicted molar refractivity (Wildman–Crippen MR) is 127 cm³/mol. The molecule has 1 N–H and O–H groups in total. The molecule has 4 rings (SSSR count). The van der Waals surface area contributed by atoms with Crippen molar-refractivity contribution in [1.29, 1.82) is 0 Å². The molecular weight excluding hydrogens is 434 g/mol. The Morgan fingerprint density at radius 2 is 2.09 bits per heavy atom. The highest BCUT2D eigenvalue weighted by Gasteiger charge is 2.23. The topological polar surface area (TPSA) is 92.8 Å². The summed E-state index contributed by atoms with van der Waals surface area (Å²) >= 11 is 0. The summed E-state index contributed by atoms with van der Waals surface area (Å²) in [5.41, 5.74) is 1.29. The summed E-state index contributed by atoms with van der Waals surface area (Å²) in [4.78, 5) is 33.7. The van der Waals surface area contributed by atoms with Gasteiger partial charge in [-0.05, 0) is 50.9 Å². The van der Waals surface area contributed by atoms with Crippen molar-refractivity contribution in [3.63, 3.8) is 0 Å². The number of oxazole rings is 1. The molecule has 2 fully saturated rings. The predicted octanol–water partition coefficient (Wildman–Crippen LogP) is 2.66. The van der Waals surface area contributed by atoms with Crippen LogP contribution in [0.5, 0.6) is 0 Å². The van der Waals surface area contributed by atoms with Crippen LogP contribution in [0, 0.1) is 0 Å². The van der Waals surface area contributed by atoms with Gasteiger partial charge in [-0.15, -0.1) is 0 Å². The highest BCUT2D eigenvalue weighted by Crippen LogP contribution is 2.17. The quantitative estimate of drug-likeness (QED) is 0.542.